The molecule has 0 radical (unpaired) electrons. The van der Waals surface area contributed by atoms with Crippen LogP contribution in [0.4, 0.5) is 26.3 Å². The van der Waals surface area contributed by atoms with Gasteiger partial charge in [-0.2, -0.15) is 31.9 Å². The van der Waals surface area contributed by atoms with Crippen molar-refractivity contribution < 1.29 is 39.5 Å². The normalized spacial score (nSPS) is 13.4. The van der Waals surface area contributed by atoms with Crippen molar-refractivity contribution in [1.29, 1.82) is 5.26 Å². The van der Waals surface area contributed by atoms with Gasteiger partial charge in [-0.25, -0.2) is 12.8 Å². The highest BCUT2D eigenvalue weighted by Gasteiger charge is 2.39. The molecule has 1 N–H and O–H groups in total. The molecule has 3 rings (SSSR count). The van der Waals surface area contributed by atoms with Crippen molar-refractivity contribution >= 4 is 20.9 Å². The van der Waals surface area contributed by atoms with Gasteiger partial charge in [-0.05, 0) is 39.0 Å². The number of fused-ring (bicyclic) bond motifs is 1. The molecule has 0 fully saturated rings. The Kier molecular flexibility index (Phi) is 7.05. The summed E-state index contributed by atoms with van der Waals surface area (Å²) >= 11 is 0. The Hall–Kier alpha value is -3.31. The van der Waals surface area contributed by atoms with Gasteiger partial charge >= 0.3 is 12.8 Å². The molecule has 188 valence electrons. The van der Waals surface area contributed by atoms with Gasteiger partial charge < -0.3 is 9.30 Å². The average molecular weight is 520 g/mol. The van der Waals surface area contributed by atoms with Crippen molar-refractivity contribution in [1.82, 2.24) is 14.3 Å². The zero-order valence-corrected chi connectivity index (χ0v) is 19.2. The fourth-order valence-electron chi connectivity index (χ4n) is 3.44. The highest BCUT2D eigenvalue weighted by molar-refractivity contribution is 7.89. The van der Waals surface area contributed by atoms with Gasteiger partial charge in [0.25, 0.3) is 0 Å². The number of hydrogen-bond acceptors (Lipinski definition) is 5. The highest BCUT2D eigenvalue weighted by atomic mass is 32.2. The molecule has 0 aliphatic rings. The van der Waals surface area contributed by atoms with Crippen LogP contribution in [-0.2, 0) is 10.0 Å². The maximum Gasteiger partial charge on any atom is 0.404 e. The number of pyridine rings is 1. The van der Waals surface area contributed by atoms with Crippen LogP contribution >= 0.6 is 0 Å². The van der Waals surface area contributed by atoms with Gasteiger partial charge in [-0.3, -0.25) is 4.98 Å². The Morgan fingerprint density at radius 1 is 1.17 bits per heavy atom. The van der Waals surface area contributed by atoms with Gasteiger partial charge in [-0.1, -0.05) is 0 Å². The molecule has 2 heterocycles. The largest absolute Gasteiger partial charge is 0.432 e. The molecule has 7 nitrogen and oxygen atoms in total. The van der Waals surface area contributed by atoms with E-state index in [0.29, 0.717) is 6.92 Å². The Bertz CT molecular complexity index is 1390. The summed E-state index contributed by atoms with van der Waals surface area (Å²) in [5.74, 6) is -1.86. The first-order valence-corrected chi connectivity index (χ1v) is 11.4. The quantitative estimate of drug-likeness (QED) is 0.436. The molecule has 14 heteroatoms. The fourth-order valence-corrected chi connectivity index (χ4v) is 4.62. The van der Waals surface area contributed by atoms with Crippen LogP contribution in [0.5, 0.6) is 5.75 Å². The van der Waals surface area contributed by atoms with E-state index in [4.69, 9.17) is 0 Å². The standard InChI is InChI=1S/C21H18F6N4O3S/c1-10(2)31-17-7-18(34-20(23)24)15(22)6-13(17)14(8-28)19(31)16-5-4-12(9-29-16)35(32,33)30-11(3)21(25,26)27/h4-7,9-11,20,30H,1-3H3. The van der Waals surface area contributed by atoms with Crippen molar-refractivity contribution in [3.8, 4) is 23.2 Å². The van der Waals surface area contributed by atoms with E-state index in [9.17, 15) is 40.0 Å². The minimum Gasteiger partial charge on any atom is -0.432 e. The van der Waals surface area contributed by atoms with E-state index < -0.39 is 51.4 Å². The van der Waals surface area contributed by atoms with Gasteiger partial charge in [0.1, 0.15) is 17.0 Å². The molecule has 2 aromatic heterocycles. The van der Waals surface area contributed by atoms with Crippen LogP contribution in [0.2, 0.25) is 0 Å². The number of hydrogen-bond donors (Lipinski definition) is 1. The van der Waals surface area contributed by atoms with Crippen LogP contribution in [0.15, 0.2) is 35.4 Å². The van der Waals surface area contributed by atoms with Crippen LogP contribution < -0.4 is 9.46 Å². The number of nitrogens with one attached hydrogen (secondary N) is 1. The summed E-state index contributed by atoms with van der Waals surface area (Å²) in [5, 5.41) is 9.84. The molecule has 35 heavy (non-hydrogen) atoms. The van der Waals surface area contributed by atoms with E-state index in [1.807, 2.05) is 6.07 Å². The number of nitrogens with zero attached hydrogens (tertiary/aromatic N) is 3. The van der Waals surface area contributed by atoms with Crippen molar-refractivity contribution in [3.05, 3.63) is 41.8 Å². The number of sulfonamides is 1. The van der Waals surface area contributed by atoms with Crippen LogP contribution in [0.3, 0.4) is 0 Å². The predicted octanol–water partition coefficient (Wildman–Crippen LogP) is 5.13. The Balaban J connectivity index is 2.16. The van der Waals surface area contributed by atoms with Gasteiger partial charge in [0.2, 0.25) is 10.0 Å². The lowest BCUT2D eigenvalue weighted by Crippen LogP contribution is -2.42. The molecule has 0 aliphatic heterocycles. The molecule has 0 bridgehead atoms. The van der Waals surface area contributed by atoms with Crippen LogP contribution in [0.25, 0.3) is 22.3 Å². The lowest BCUT2D eigenvalue weighted by molar-refractivity contribution is -0.147. The second kappa shape index (κ2) is 9.38. The summed E-state index contributed by atoms with van der Waals surface area (Å²) in [6.07, 6.45) is -3.99. The van der Waals surface area contributed by atoms with Crippen LogP contribution in [-0.4, -0.2) is 36.8 Å². The number of halogens is 6. The van der Waals surface area contributed by atoms with E-state index in [1.54, 1.807) is 13.8 Å². The van der Waals surface area contributed by atoms with Crippen LogP contribution in [0, 0.1) is 17.1 Å². The van der Waals surface area contributed by atoms with E-state index in [2.05, 4.69) is 9.72 Å². The van der Waals surface area contributed by atoms with Gasteiger partial charge in [0, 0.05) is 23.7 Å². The molecule has 1 aromatic carbocycles. The van der Waals surface area contributed by atoms with Crippen molar-refractivity contribution in [3.63, 3.8) is 0 Å². The molecular formula is C21H18F6N4O3S. The maximum atomic E-state index is 14.4. The number of benzene rings is 1. The lowest BCUT2D eigenvalue weighted by Gasteiger charge is -2.17. The Morgan fingerprint density at radius 2 is 1.83 bits per heavy atom. The van der Waals surface area contributed by atoms with E-state index in [-0.39, 0.29) is 27.9 Å². The zero-order valence-electron chi connectivity index (χ0n) is 18.4. The molecular weight excluding hydrogens is 502 g/mol. The smallest absolute Gasteiger partial charge is 0.404 e. The molecule has 0 aliphatic carbocycles. The third-order valence-corrected chi connectivity index (χ3v) is 6.54. The van der Waals surface area contributed by atoms with E-state index >= 15 is 0 Å². The van der Waals surface area contributed by atoms with E-state index in [1.165, 1.54) is 15.4 Å². The monoisotopic (exact) mass is 520 g/mol. The highest BCUT2D eigenvalue weighted by Crippen LogP contribution is 2.38. The van der Waals surface area contributed by atoms with Crippen molar-refractivity contribution in [2.45, 2.75) is 50.5 Å². The second-order valence-electron chi connectivity index (χ2n) is 7.74. The number of nitriles is 1. The first kappa shape index (κ1) is 26.3. The summed E-state index contributed by atoms with van der Waals surface area (Å²) in [6.45, 7) is 0.749. The van der Waals surface area contributed by atoms with E-state index in [0.717, 1.165) is 24.4 Å². The first-order valence-electron chi connectivity index (χ1n) is 9.95. The van der Waals surface area contributed by atoms with Crippen LogP contribution in [0.1, 0.15) is 32.4 Å². The molecule has 0 amide bonds. The number of aromatic nitrogens is 2. The van der Waals surface area contributed by atoms with Gasteiger partial charge in [-0.15, -0.1) is 0 Å². The summed E-state index contributed by atoms with van der Waals surface area (Å²) in [5.41, 5.74) is 0.295. The zero-order chi connectivity index (χ0) is 26.3. The predicted molar refractivity (Wildman–Crippen MR) is 113 cm³/mol. The molecule has 1 unspecified atom stereocenters. The maximum absolute atomic E-state index is 14.4. The fraction of sp³-hybridized carbons (Fsp3) is 0.333. The molecule has 0 spiro atoms. The summed E-state index contributed by atoms with van der Waals surface area (Å²) in [6, 6.07) is 3.23. The topological polar surface area (TPSA) is 97.0 Å². The van der Waals surface area contributed by atoms with Gasteiger partial charge in [0.05, 0.1) is 22.5 Å². The first-order chi connectivity index (χ1) is 16.2. The third kappa shape index (κ3) is 5.20. The minimum atomic E-state index is -4.80. The number of ether oxygens (including phenoxy) is 1. The molecule has 1 atom stereocenters. The second-order valence-corrected chi connectivity index (χ2v) is 9.46. The van der Waals surface area contributed by atoms with Gasteiger partial charge in [0.15, 0.2) is 11.6 Å². The average Bonchev–Trinajstić information content (AvgIpc) is 3.06. The summed E-state index contributed by atoms with van der Waals surface area (Å²) in [4.78, 5) is 3.45. The van der Waals surface area contributed by atoms with Crippen molar-refractivity contribution in [2.75, 3.05) is 0 Å². The molecule has 0 saturated carbocycles. The summed E-state index contributed by atoms with van der Waals surface area (Å²) < 4.78 is 110. The third-order valence-electron chi connectivity index (χ3n) is 5.01. The Morgan fingerprint density at radius 3 is 2.31 bits per heavy atom. The SMILES string of the molecule is CC(C)n1c(-c2ccc(S(=O)(=O)NC(C)C(F)(F)F)cn2)c(C#N)c2cc(F)c(OC(F)F)cc21. The number of alkyl halides is 5. The Labute approximate surface area is 196 Å². The minimum absolute atomic E-state index is 0.0472. The summed E-state index contributed by atoms with van der Waals surface area (Å²) in [7, 11) is -4.57. The number of rotatable bonds is 7. The molecule has 0 saturated heterocycles. The molecule has 3 aromatic rings. The van der Waals surface area contributed by atoms with Crippen molar-refractivity contribution in [2.24, 2.45) is 0 Å². The lowest BCUT2D eigenvalue weighted by atomic mass is 10.1.